The Kier molecular flexibility index (Phi) is 45.0. The smallest absolute Gasteiger partial charge is 0.566 e. The number of rotatable bonds is 8. The molecule has 0 aromatic rings. The Hall–Kier alpha value is -0.664. The zero-order valence-electron chi connectivity index (χ0n) is 24.0. The predicted octanol–water partition coefficient (Wildman–Crippen LogP) is 3.75. The van der Waals surface area contributed by atoms with Gasteiger partial charge in [-0.25, -0.2) is 24.6 Å². The molecule has 4 unspecified atom stereocenters. The van der Waals surface area contributed by atoms with Gasteiger partial charge >= 0.3 is 51.4 Å². The number of aliphatic hydroxyl groups is 1. The van der Waals surface area contributed by atoms with Crippen molar-refractivity contribution in [1.29, 1.82) is 0 Å². The summed E-state index contributed by atoms with van der Waals surface area (Å²) in [5.74, 6) is -0.704. The minimum Gasteiger partial charge on any atom is -0.566 e. The summed E-state index contributed by atoms with van der Waals surface area (Å²) in [5.41, 5.74) is 1.12. The molecule has 0 bridgehead atoms. The molecule has 198 valence electrons. The van der Waals surface area contributed by atoms with Crippen molar-refractivity contribution >= 4 is 5.97 Å². The van der Waals surface area contributed by atoms with Gasteiger partial charge in [-0.2, -0.15) is 12.2 Å². The summed E-state index contributed by atoms with van der Waals surface area (Å²) in [6.07, 6.45) is 18.9. The molecule has 0 aromatic carbocycles. The average Bonchev–Trinajstić information content (AvgIpc) is 2.86. The molecule has 5 heteroatoms. The number of aliphatic hydroxyl groups excluding tert-OH is 1. The summed E-state index contributed by atoms with van der Waals surface area (Å²) >= 11 is 0. The van der Waals surface area contributed by atoms with Crippen LogP contribution in [0, 0.1) is 19.4 Å². The summed E-state index contributed by atoms with van der Waals surface area (Å²) in [7, 11) is 0. The van der Waals surface area contributed by atoms with Crippen LogP contribution in [-0.4, -0.2) is 29.4 Å². The normalized spacial score (nSPS) is 19.8. The first-order chi connectivity index (χ1) is 16.3. The van der Waals surface area contributed by atoms with Crippen LogP contribution in [0.3, 0.4) is 0 Å². The van der Waals surface area contributed by atoms with Gasteiger partial charge in [0.25, 0.3) is 0 Å². The molecule has 0 spiro atoms. The number of unbranched alkanes of at least 4 members (excludes halogenated alkanes) is 1. The van der Waals surface area contributed by atoms with E-state index in [1.165, 1.54) is 0 Å². The number of carboxylic acids is 1. The number of hydrogen-bond acceptors (Lipinski definition) is 4. The zero-order valence-corrected chi connectivity index (χ0v) is 27.1. The summed E-state index contributed by atoms with van der Waals surface area (Å²) in [5, 5.41) is 19.4. The Balaban J connectivity index is -0.000000146. The van der Waals surface area contributed by atoms with E-state index >= 15 is 0 Å². The second kappa shape index (κ2) is 35.5. The number of aliphatic carboxylic acids is 1. The molecule has 1 aliphatic heterocycles. The third-order valence-corrected chi connectivity index (χ3v) is 4.40. The fraction of sp³-hybridized carbons (Fsp3) is 0.533. The van der Waals surface area contributed by atoms with Gasteiger partial charge in [-0.05, 0) is 31.1 Å². The third-order valence-electron chi connectivity index (χ3n) is 4.40. The standard InChI is InChI=1S/C16H26O2.C6H9.C4H5O2.2C2H6.K/c1-4-6-7-8-9-10-14(17)16-12-11-13(3)15(5-2)18-16;1-4-6(3)5-2;1-2-3-4(5)6;2*1-2;/h5,7-10,13-17H,2,4,6,11-12H2,1,3H3;1,4-5H,2-3H3;2-3H,1H2,(H,5,6);2*1-2H3;/q;2*-1;;;+1/p-1/b8-7+,10-9+;6-5-;3-2-;;;. The first-order valence-corrected chi connectivity index (χ1v) is 12.4. The van der Waals surface area contributed by atoms with Crippen molar-refractivity contribution < 1.29 is 71.1 Å². The molecule has 35 heavy (non-hydrogen) atoms. The molecule has 1 saturated heterocycles. The molecule has 1 heterocycles. The molecular formula is C30H51KO4-2. The van der Waals surface area contributed by atoms with Gasteiger partial charge in [-0.15, -0.1) is 13.5 Å². The number of carbonyl (C=O) groups excluding carboxylic acids is 1. The van der Waals surface area contributed by atoms with Crippen molar-refractivity contribution in [3.05, 3.63) is 80.3 Å². The van der Waals surface area contributed by atoms with Crippen LogP contribution in [0.2, 0.25) is 0 Å². The first kappa shape index (κ1) is 44.3. The molecule has 1 aliphatic rings. The van der Waals surface area contributed by atoms with Crippen molar-refractivity contribution in [3.63, 3.8) is 0 Å². The summed E-state index contributed by atoms with van der Waals surface area (Å²) < 4.78 is 5.84. The number of allylic oxidation sites excluding steroid dienone is 7. The van der Waals surface area contributed by atoms with E-state index < -0.39 is 12.1 Å². The fourth-order valence-electron chi connectivity index (χ4n) is 2.37. The van der Waals surface area contributed by atoms with E-state index in [1.807, 2.05) is 71.9 Å². The quantitative estimate of drug-likeness (QED) is 0.176. The topological polar surface area (TPSA) is 69.6 Å². The van der Waals surface area contributed by atoms with E-state index in [0.29, 0.717) is 5.92 Å². The molecule has 0 radical (unpaired) electrons. The van der Waals surface area contributed by atoms with Crippen molar-refractivity contribution in [2.75, 3.05) is 0 Å². The number of ether oxygens (including phenoxy) is 1. The van der Waals surface area contributed by atoms with Gasteiger partial charge in [-0.3, -0.25) is 6.58 Å². The van der Waals surface area contributed by atoms with Crippen molar-refractivity contribution in [1.82, 2.24) is 0 Å². The van der Waals surface area contributed by atoms with Gasteiger partial charge in [0, 0.05) is 0 Å². The monoisotopic (exact) mass is 514 g/mol. The maximum Gasteiger partial charge on any atom is 1.00 e. The Morgan fingerprint density at radius 2 is 1.83 bits per heavy atom. The van der Waals surface area contributed by atoms with E-state index in [9.17, 15) is 15.0 Å². The van der Waals surface area contributed by atoms with Gasteiger partial charge in [0.15, 0.2) is 0 Å². The van der Waals surface area contributed by atoms with E-state index in [0.717, 1.165) is 43.4 Å². The molecule has 0 amide bonds. The van der Waals surface area contributed by atoms with E-state index in [-0.39, 0.29) is 63.6 Å². The maximum absolute atomic E-state index is 10.1. The van der Waals surface area contributed by atoms with Crippen LogP contribution in [0.15, 0.2) is 66.8 Å². The van der Waals surface area contributed by atoms with Gasteiger partial charge in [0.1, 0.15) is 0 Å². The largest absolute Gasteiger partial charge is 1.00 e. The Morgan fingerprint density at radius 3 is 2.17 bits per heavy atom. The molecule has 4 atom stereocenters. The van der Waals surface area contributed by atoms with Crippen molar-refractivity contribution in [2.45, 2.75) is 99.4 Å². The van der Waals surface area contributed by atoms with Crippen LogP contribution in [0.5, 0.6) is 0 Å². The molecule has 1 rings (SSSR count). The van der Waals surface area contributed by atoms with Crippen LogP contribution >= 0.6 is 0 Å². The summed E-state index contributed by atoms with van der Waals surface area (Å²) in [6.45, 7) is 28.2. The molecule has 0 saturated carbocycles. The van der Waals surface area contributed by atoms with Crippen molar-refractivity contribution in [3.8, 4) is 0 Å². The minimum absolute atomic E-state index is 0. The summed E-state index contributed by atoms with van der Waals surface area (Å²) in [4.78, 5) is 9.36. The second-order valence-electron chi connectivity index (χ2n) is 6.94. The van der Waals surface area contributed by atoms with Gasteiger partial charge < -0.3 is 19.7 Å². The number of carbonyl (C=O) groups is 1. The average molecular weight is 515 g/mol. The Morgan fingerprint density at radius 1 is 1.26 bits per heavy atom. The van der Waals surface area contributed by atoms with Gasteiger partial charge in [0.05, 0.1) is 18.3 Å². The van der Waals surface area contributed by atoms with E-state index in [2.05, 4.69) is 33.4 Å². The van der Waals surface area contributed by atoms with Gasteiger partial charge in [-0.1, -0.05) is 85.3 Å². The number of hydrogen-bond donors (Lipinski definition) is 1. The van der Waals surface area contributed by atoms with Crippen LogP contribution < -0.4 is 56.5 Å². The van der Waals surface area contributed by atoms with E-state index in [1.54, 1.807) is 6.08 Å². The van der Waals surface area contributed by atoms with Crippen molar-refractivity contribution in [2.24, 2.45) is 5.92 Å². The predicted molar refractivity (Wildman–Crippen MR) is 147 cm³/mol. The fourth-order valence-corrected chi connectivity index (χ4v) is 2.37. The van der Waals surface area contributed by atoms with E-state index in [4.69, 9.17) is 11.3 Å². The third kappa shape index (κ3) is 31.3. The summed E-state index contributed by atoms with van der Waals surface area (Å²) in [6, 6.07) is 0. The minimum atomic E-state index is -1.20. The molecule has 0 aliphatic carbocycles. The van der Waals surface area contributed by atoms with Crippen LogP contribution in [-0.2, 0) is 9.53 Å². The maximum atomic E-state index is 10.1. The Labute approximate surface area is 260 Å². The van der Waals surface area contributed by atoms with Gasteiger partial charge in [0.2, 0.25) is 0 Å². The molecule has 0 aromatic heterocycles. The molecule has 1 fully saturated rings. The first-order valence-electron chi connectivity index (χ1n) is 12.4. The van der Waals surface area contributed by atoms with Crippen LogP contribution in [0.1, 0.15) is 81.1 Å². The zero-order chi connectivity index (χ0) is 27.4. The van der Waals surface area contributed by atoms with Crippen LogP contribution in [0.25, 0.3) is 0 Å². The molecule has 4 nitrogen and oxygen atoms in total. The Bertz CT molecular complexity index is 591. The van der Waals surface area contributed by atoms with Crippen LogP contribution in [0.4, 0.5) is 0 Å². The number of carboxylic acid groups (broad SMARTS) is 1. The molecular weight excluding hydrogens is 463 g/mol. The molecule has 1 N–H and O–H groups in total. The second-order valence-corrected chi connectivity index (χ2v) is 6.94. The SMILES string of the molecule is C=CC1OC(C(O)/C=C/C=C/CCC)CCC1C.CC.CC.[CH-]=C/C(C)=C\C.[CH2-]/C=C\C(=O)[O-].[K+].